The van der Waals surface area contributed by atoms with Gasteiger partial charge >= 0.3 is 0 Å². The third-order valence-electron chi connectivity index (χ3n) is 5.45. The standard InChI is InChI=1S/C22H22N2O4/c25-22-17(14-26-19-4-2-1-3-18(19)22)13-24-9-7-23(8-10-24)12-16-5-6-20-21(11-16)28-15-27-20/h1-6,11,14H,7-10,12-13,15H2. The Labute approximate surface area is 162 Å². The van der Waals surface area contributed by atoms with E-state index in [9.17, 15) is 4.79 Å². The van der Waals surface area contributed by atoms with Crippen LogP contribution in [0.4, 0.5) is 0 Å². The Hall–Kier alpha value is -2.83. The maximum Gasteiger partial charge on any atom is 0.231 e. The predicted octanol–water partition coefficient (Wildman–Crippen LogP) is 2.84. The number of rotatable bonds is 4. The largest absolute Gasteiger partial charge is 0.464 e. The predicted molar refractivity (Wildman–Crippen MR) is 106 cm³/mol. The Morgan fingerprint density at radius 3 is 2.46 bits per heavy atom. The number of hydrogen-bond donors (Lipinski definition) is 0. The van der Waals surface area contributed by atoms with Gasteiger partial charge in [0.05, 0.1) is 11.6 Å². The Balaban J connectivity index is 1.21. The molecule has 6 nitrogen and oxygen atoms in total. The molecule has 0 aliphatic carbocycles. The zero-order valence-corrected chi connectivity index (χ0v) is 15.6. The molecule has 28 heavy (non-hydrogen) atoms. The summed E-state index contributed by atoms with van der Waals surface area (Å²) in [6.45, 7) is 5.61. The smallest absolute Gasteiger partial charge is 0.231 e. The second kappa shape index (κ2) is 7.30. The first kappa shape index (κ1) is 17.3. The molecule has 0 saturated carbocycles. The molecule has 1 aromatic heterocycles. The van der Waals surface area contributed by atoms with E-state index in [2.05, 4.69) is 21.9 Å². The summed E-state index contributed by atoms with van der Waals surface area (Å²) < 4.78 is 16.5. The first-order chi connectivity index (χ1) is 13.8. The minimum absolute atomic E-state index is 0.0737. The van der Waals surface area contributed by atoms with E-state index in [4.69, 9.17) is 13.9 Å². The summed E-state index contributed by atoms with van der Waals surface area (Å²) in [5.41, 5.74) is 2.67. The number of ether oxygens (including phenoxy) is 2. The Morgan fingerprint density at radius 2 is 1.61 bits per heavy atom. The molecule has 2 aromatic carbocycles. The lowest BCUT2D eigenvalue weighted by Crippen LogP contribution is -2.45. The number of hydrogen-bond acceptors (Lipinski definition) is 6. The van der Waals surface area contributed by atoms with Gasteiger partial charge in [0, 0.05) is 44.8 Å². The summed E-state index contributed by atoms with van der Waals surface area (Å²) in [7, 11) is 0. The molecule has 0 spiro atoms. The van der Waals surface area contributed by atoms with E-state index in [1.807, 2.05) is 30.3 Å². The molecule has 0 bridgehead atoms. The zero-order valence-electron chi connectivity index (χ0n) is 15.6. The lowest BCUT2D eigenvalue weighted by Gasteiger charge is -2.34. The fraction of sp³-hybridized carbons (Fsp3) is 0.318. The molecular weight excluding hydrogens is 356 g/mol. The van der Waals surface area contributed by atoms with E-state index in [0.29, 0.717) is 24.3 Å². The number of benzene rings is 2. The molecule has 3 heterocycles. The first-order valence-corrected chi connectivity index (χ1v) is 9.59. The van der Waals surface area contributed by atoms with E-state index < -0.39 is 0 Å². The van der Waals surface area contributed by atoms with Crippen LogP contribution in [0.3, 0.4) is 0 Å². The molecule has 6 heteroatoms. The highest BCUT2D eigenvalue weighted by atomic mass is 16.7. The minimum atomic E-state index is 0.0737. The summed E-state index contributed by atoms with van der Waals surface area (Å²) in [4.78, 5) is 17.4. The van der Waals surface area contributed by atoms with Gasteiger partial charge in [-0.1, -0.05) is 18.2 Å². The highest BCUT2D eigenvalue weighted by Crippen LogP contribution is 2.32. The Morgan fingerprint density at radius 1 is 0.857 bits per heavy atom. The summed E-state index contributed by atoms with van der Waals surface area (Å²) >= 11 is 0. The summed E-state index contributed by atoms with van der Waals surface area (Å²) in [6.07, 6.45) is 1.61. The van der Waals surface area contributed by atoms with Crippen LogP contribution in [0.2, 0.25) is 0 Å². The van der Waals surface area contributed by atoms with E-state index in [-0.39, 0.29) is 5.43 Å². The van der Waals surface area contributed by atoms with Gasteiger partial charge in [0.15, 0.2) is 16.9 Å². The zero-order chi connectivity index (χ0) is 18.9. The molecule has 0 amide bonds. The van der Waals surface area contributed by atoms with E-state index in [0.717, 1.165) is 49.8 Å². The lowest BCUT2D eigenvalue weighted by molar-refractivity contribution is 0.121. The van der Waals surface area contributed by atoms with Crippen LogP contribution in [0.1, 0.15) is 11.1 Å². The first-order valence-electron chi connectivity index (χ1n) is 9.59. The Kier molecular flexibility index (Phi) is 4.50. The van der Waals surface area contributed by atoms with Gasteiger partial charge < -0.3 is 13.9 Å². The topological polar surface area (TPSA) is 55.2 Å². The Bertz CT molecular complexity index is 1050. The van der Waals surface area contributed by atoms with Crippen molar-refractivity contribution in [2.24, 2.45) is 0 Å². The monoisotopic (exact) mass is 378 g/mol. The van der Waals surface area contributed by atoms with E-state index >= 15 is 0 Å². The van der Waals surface area contributed by atoms with Crippen molar-refractivity contribution >= 4 is 11.0 Å². The van der Waals surface area contributed by atoms with E-state index in [1.165, 1.54) is 5.56 Å². The van der Waals surface area contributed by atoms with Crippen molar-refractivity contribution in [1.29, 1.82) is 0 Å². The second-order valence-corrected chi connectivity index (χ2v) is 7.33. The average Bonchev–Trinajstić information content (AvgIpc) is 3.20. The molecule has 0 N–H and O–H groups in total. The highest BCUT2D eigenvalue weighted by molar-refractivity contribution is 5.76. The molecule has 144 valence electrons. The van der Waals surface area contributed by atoms with Gasteiger partial charge in [0.25, 0.3) is 0 Å². The molecule has 3 aromatic rings. The van der Waals surface area contributed by atoms with Crippen LogP contribution in [0.25, 0.3) is 11.0 Å². The van der Waals surface area contributed by atoms with Crippen molar-refractivity contribution in [1.82, 2.24) is 9.80 Å². The third-order valence-corrected chi connectivity index (χ3v) is 5.45. The van der Waals surface area contributed by atoms with Gasteiger partial charge in [0.2, 0.25) is 6.79 Å². The van der Waals surface area contributed by atoms with Crippen LogP contribution in [-0.2, 0) is 13.1 Å². The maximum absolute atomic E-state index is 12.7. The van der Waals surface area contributed by atoms with Crippen molar-refractivity contribution in [3.63, 3.8) is 0 Å². The number of nitrogens with zero attached hydrogens (tertiary/aromatic N) is 2. The maximum atomic E-state index is 12.7. The molecule has 0 unspecified atom stereocenters. The van der Waals surface area contributed by atoms with Gasteiger partial charge in [0.1, 0.15) is 5.58 Å². The van der Waals surface area contributed by atoms with Crippen molar-refractivity contribution in [3.8, 4) is 11.5 Å². The molecular formula is C22H22N2O4. The van der Waals surface area contributed by atoms with Crippen LogP contribution < -0.4 is 14.9 Å². The van der Waals surface area contributed by atoms with Crippen LogP contribution in [-0.4, -0.2) is 42.8 Å². The third kappa shape index (κ3) is 3.37. The molecule has 2 aliphatic rings. The van der Waals surface area contributed by atoms with Crippen molar-refractivity contribution < 1.29 is 13.9 Å². The molecule has 5 rings (SSSR count). The average molecular weight is 378 g/mol. The quantitative estimate of drug-likeness (QED) is 0.696. The number of fused-ring (bicyclic) bond motifs is 2. The van der Waals surface area contributed by atoms with Crippen molar-refractivity contribution in [2.45, 2.75) is 13.1 Å². The molecule has 1 saturated heterocycles. The highest BCUT2D eigenvalue weighted by Gasteiger charge is 2.20. The van der Waals surface area contributed by atoms with Gasteiger partial charge in [-0.2, -0.15) is 0 Å². The van der Waals surface area contributed by atoms with Gasteiger partial charge in [-0.05, 0) is 29.8 Å². The summed E-state index contributed by atoms with van der Waals surface area (Å²) in [5.74, 6) is 1.65. The SMILES string of the molecule is O=c1c(CN2CCN(Cc3ccc4c(c3)OCO4)CC2)coc2ccccc12. The minimum Gasteiger partial charge on any atom is -0.464 e. The normalized spacial score (nSPS) is 17.3. The van der Waals surface area contributed by atoms with Gasteiger partial charge in [-0.15, -0.1) is 0 Å². The van der Waals surface area contributed by atoms with Crippen molar-refractivity contribution in [3.05, 3.63) is 70.1 Å². The number of para-hydroxylation sites is 1. The summed E-state index contributed by atoms with van der Waals surface area (Å²) in [5, 5.41) is 0.654. The molecule has 0 radical (unpaired) electrons. The lowest BCUT2D eigenvalue weighted by atomic mass is 10.1. The fourth-order valence-corrected chi connectivity index (χ4v) is 3.87. The van der Waals surface area contributed by atoms with Crippen molar-refractivity contribution in [2.75, 3.05) is 33.0 Å². The fourth-order valence-electron chi connectivity index (χ4n) is 3.87. The van der Waals surface area contributed by atoms with Crippen LogP contribution >= 0.6 is 0 Å². The summed E-state index contributed by atoms with van der Waals surface area (Å²) in [6, 6.07) is 13.5. The number of piperazine rings is 1. The molecule has 2 aliphatic heterocycles. The second-order valence-electron chi connectivity index (χ2n) is 7.33. The van der Waals surface area contributed by atoms with Gasteiger partial charge in [-0.25, -0.2) is 0 Å². The molecule has 0 atom stereocenters. The molecule has 1 fully saturated rings. The van der Waals surface area contributed by atoms with E-state index in [1.54, 1.807) is 6.26 Å². The van der Waals surface area contributed by atoms with Gasteiger partial charge in [-0.3, -0.25) is 14.6 Å². The van der Waals surface area contributed by atoms with Crippen LogP contribution in [0.5, 0.6) is 11.5 Å². The van der Waals surface area contributed by atoms with Crippen LogP contribution in [0.15, 0.2) is 57.9 Å². The van der Waals surface area contributed by atoms with Crippen LogP contribution in [0, 0.1) is 0 Å².